The maximum absolute atomic E-state index is 9.86. The Labute approximate surface area is 103 Å². The van der Waals surface area contributed by atoms with E-state index in [9.17, 15) is 5.11 Å². The zero-order valence-electron chi connectivity index (χ0n) is 11.0. The van der Waals surface area contributed by atoms with Crippen LogP contribution in [0.1, 0.15) is 37.2 Å². The molecular formula is C13H21N3O. The highest BCUT2D eigenvalue weighted by Gasteiger charge is 2.17. The summed E-state index contributed by atoms with van der Waals surface area (Å²) in [7, 11) is 1.89. The molecule has 0 aliphatic carbocycles. The predicted octanol–water partition coefficient (Wildman–Crippen LogP) is 1.46. The second kappa shape index (κ2) is 5.35. The van der Waals surface area contributed by atoms with Crippen molar-refractivity contribution in [3.8, 4) is 6.07 Å². The van der Waals surface area contributed by atoms with E-state index in [1.165, 1.54) is 0 Å². The van der Waals surface area contributed by atoms with Crippen LogP contribution in [0.2, 0.25) is 0 Å². The molecule has 17 heavy (non-hydrogen) atoms. The van der Waals surface area contributed by atoms with Crippen molar-refractivity contribution >= 4 is 0 Å². The van der Waals surface area contributed by atoms with E-state index in [0.717, 1.165) is 17.7 Å². The van der Waals surface area contributed by atoms with E-state index in [0.29, 0.717) is 18.8 Å². The molecule has 0 aliphatic heterocycles. The summed E-state index contributed by atoms with van der Waals surface area (Å²) >= 11 is 0. The quantitative estimate of drug-likeness (QED) is 0.812. The third kappa shape index (κ3) is 3.32. The standard InChI is InChI=1S/C13H21N3O/c1-5-13(3,17)9-15-8-11-6-12(7-14)16(4)10(11)2/h6,15,17H,5,8-9H2,1-4H3. The predicted molar refractivity (Wildman–Crippen MR) is 67.5 cm³/mol. The lowest BCUT2D eigenvalue weighted by molar-refractivity contribution is 0.0555. The lowest BCUT2D eigenvalue weighted by Crippen LogP contribution is -2.36. The molecule has 2 N–H and O–H groups in total. The number of nitrogens with zero attached hydrogens (tertiary/aromatic N) is 2. The molecule has 0 saturated carbocycles. The molecule has 0 bridgehead atoms. The van der Waals surface area contributed by atoms with Gasteiger partial charge in [-0.1, -0.05) is 6.92 Å². The van der Waals surface area contributed by atoms with Crippen molar-refractivity contribution in [2.24, 2.45) is 7.05 Å². The first-order chi connectivity index (χ1) is 7.91. The lowest BCUT2D eigenvalue weighted by atomic mass is 10.0. The number of aromatic nitrogens is 1. The lowest BCUT2D eigenvalue weighted by Gasteiger charge is -2.21. The topological polar surface area (TPSA) is 61.0 Å². The van der Waals surface area contributed by atoms with Crippen LogP contribution >= 0.6 is 0 Å². The highest BCUT2D eigenvalue weighted by molar-refractivity contribution is 5.34. The SMILES string of the molecule is CCC(C)(O)CNCc1cc(C#N)n(C)c1C. The van der Waals surface area contributed by atoms with Crippen molar-refractivity contribution in [3.63, 3.8) is 0 Å². The molecule has 0 spiro atoms. The van der Waals surface area contributed by atoms with Crippen LogP contribution in [0, 0.1) is 18.3 Å². The molecule has 1 unspecified atom stereocenters. The van der Waals surface area contributed by atoms with Gasteiger partial charge >= 0.3 is 0 Å². The Morgan fingerprint density at radius 2 is 2.24 bits per heavy atom. The summed E-state index contributed by atoms with van der Waals surface area (Å²) in [5.74, 6) is 0. The van der Waals surface area contributed by atoms with Gasteiger partial charge in [-0.15, -0.1) is 0 Å². The Kier molecular flexibility index (Phi) is 4.33. The summed E-state index contributed by atoms with van der Waals surface area (Å²) in [4.78, 5) is 0. The maximum Gasteiger partial charge on any atom is 0.120 e. The fourth-order valence-electron chi connectivity index (χ4n) is 1.64. The molecule has 1 heterocycles. The van der Waals surface area contributed by atoms with Gasteiger partial charge in [-0.05, 0) is 31.9 Å². The third-order valence-electron chi connectivity index (χ3n) is 3.34. The van der Waals surface area contributed by atoms with E-state index >= 15 is 0 Å². The summed E-state index contributed by atoms with van der Waals surface area (Å²) < 4.78 is 1.88. The van der Waals surface area contributed by atoms with E-state index in [1.807, 2.05) is 38.5 Å². The first-order valence-corrected chi connectivity index (χ1v) is 5.89. The summed E-state index contributed by atoms with van der Waals surface area (Å²) in [6.07, 6.45) is 0.719. The first-order valence-electron chi connectivity index (χ1n) is 5.89. The largest absolute Gasteiger partial charge is 0.389 e. The van der Waals surface area contributed by atoms with Crippen LogP contribution in [-0.4, -0.2) is 21.8 Å². The van der Waals surface area contributed by atoms with Crippen molar-refractivity contribution < 1.29 is 5.11 Å². The smallest absolute Gasteiger partial charge is 0.120 e. The van der Waals surface area contributed by atoms with Crippen molar-refractivity contribution in [2.75, 3.05) is 6.54 Å². The molecule has 1 aromatic heterocycles. The summed E-state index contributed by atoms with van der Waals surface area (Å²) in [6.45, 7) is 7.01. The molecule has 1 rings (SSSR count). The zero-order chi connectivity index (χ0) is 13.1. The normalized spacial score (nSPS) is 14.4. The fraction of sp³-hybridized carbons (Fsp3) is 0.615. The highest BCUT2D eigenvalue weighted by Crippen LogP contribution is 2.13. The van der Waals surface area contributed by atoms with Gasteiger partial charge in [-0.2, -0.15) is 5.26 Å². The average molecular weight is 235 g/mol. The second-order valence-electron chi connectivity index (χ2n) is 4.77. The van der Waals surface area contributed by atoms with E-state index in [4.69, 9.17) is 5.26 Å². The number of nitrogens with one attached hydrogen (secondary N) is 1. The van der Waals surface area contributed by atoms with Crippen LogP contribution in [0.25, 0.3) is 0 Å². The van der Waals surface area contributed by atoms with Gasteiger partial charge < -0.3 is 15.0 Å². The minimum atomic E-state index is -0.666. The Morgan fingerprint density at radius 3 is 2.71 bits per heavy atom. The fourth-order valence-corrected chi connectivity index (χ4v) is 1.64. The molecule has 94 valence electrons. The minimum Gasteiger partial charge on any atom is -0.389 e. The molecular weight excluding hydrogens is 214 g/mol. The van der Waals surface area contributed by atoms with Gasteiger partial charge in [0.25, 0.3) is 0 Å². The van der Waals surface area contributed by atoms with Crippen molar-refractivity contribution in [1.29, 1.82) is 5.26 Å². The van der Waals surface area contributed by atoms with Crippen LogP contribution in [0.15, 0.2) is 6.07 Å². The van der Waals surface area contributed by atoms with Gasteiger partial charge in [0.1, 0.15) is 11.8 Å². The van der Waals surface area contributed by atoms with Gasteiger partial charge in [-0.3, -0.25) is 0 Å². The molecule has 1 aromatic rings. The Morgan fingerprint density at radius 1 is 1.59 bits per heavy atom. The molecule has 4 heteroatoms. The average Bonchev–Trinajstić information content (AvgIpc) is 2.57. The van der Waals surface area contributed by atoms with E-state index in [-0.39, 0.29) is 0 Å². The molecule has 0 amide bonds. The number of aliphatic hydroxyl groups is 1. The molecule has 0 radical (unpaired) electrons. The number of nitriles is 1. The maximum atomic E-state index is 9.86. The van der Waals surface area contributed by atoms with Gasteiger partial charge in [-0.25, -0.2) is 0 Å². The Balaban J connectivity index is 2.62. The minimum absolute atomic E-state index is 0.555. The number of rotatable bonds is 5. The summed E-state index contributed by atoms with van der Waals surface area (Å²) in [6, 6.07) is 4.05. The zero-order valence-corrected chi connectivity index (χ0v) is 11.0. The van der Waals surface area contributed by atoms with Gasteiger partial charge in [0.15, 0.2) is 0 Å². The Hall–Kier alpha value is -1.31. The molecule has 0 aromatic carbocycles. The van der Waals surface area contributed by atoms with Crippen LogP contribution in [0.4, 0.5) is 0 Å². The van der Waals surface area contributed by atoms with Gasteiger partial charge in [0.05, 0.1) is 5.60 Å². The molecule has 1 atom stereocenters. The number of hydrogen-bond acceptors (Lipinski definition) is 3. The van der Waals surface area contributed by atoms with Crippen LogP contribution in [0.5, 0.6) is 0 Å². The molecule has 4 nitrogen and oxygen atoms in total. The van der Waals surface area contributed by atoms with E-state index in [1.54, 1.807) is 0 Å². The van der Waals surface area contributed by atoms with Gasteiger partial charge in [0, 0.05) is 25.8 Å². The van der Waals surface area contributed by atoms with Crippen LogP contribution in [-0.2, 0) is 13.6 Å². The first kappa shape index (κ1) is 13.8. The van der Waals surface area contributed by atoms with Crippen LogP contribution in [0.3, 0.4) is 0 Å². The summed E-state index contributed by atoms with van der Waals surface area (Å²) in [5, 5.41) is 22.0. The Bertz CT molecular complexity index is 427. The van der Waals surface area contributed by atoms with E-state index in [2.05, 4.69) is 11.4 Å². The summed E-state index contributed by atoms with van der Waals surface area (Å²) in [5.41, 5.74) is 2.20. The van der Waals surface area contributed by atoms with E-state index < -0.39 is 5.60 Å². The van der Waals surface area contributed by atoms with Gasteiger partial charge in [0.2, 0.25) is 0 Å². The van der Waals surface area contributed by atoms with Crippen molar-refractivity contribution in [3.05, 3.63) is 23.0 Å². The van der Waals surface area contributed by atoms with Crippen molar-refractivity contribution in [1.82, 2.24) is 9.88 Å². The monoisotopic (exact) mass is 235 g/mol. The second-order valence-corrected chi connectivity index (χ2v) is 4.77. The highest BCUT2D eigenvalue weighted by atomic mass is 16.3. The van der Waals surface area contributed by atoms with Crippen molar-refractivity contribution in [2.45, 2.75) is 39.3 Å². The van der Waals surface area contributed by atoms with Crippen LogP contribution < -0.4 is 5.32 Å². The third-order valence-corrected chi connectivity index (χ3v) is 3.34. The number of hydrogen-bond donors (Lipinski definition) is 2. The molecule has 0 aliphatic rings. The molecule has 0 fully saturated rings. The molecule has 0 saturated heterocycles.